The fourth-order valence-corrected chi connectivity index (χ4v) is 2.59. The van der Waals surface area contributed by atoms with E-state index in [2.05, 4.69) is 42.8 Å². The highest BCUT2D eigenvalue weighted by atomic mass is 127. The van der Waals surface area contributed by atoms with E-state index in [4.69, 9.17) is 4.74 Å². The van der Waals surface area contributed by atoms with Crippen molar-refractivity contribution in [3.05, 3.63) is 26.8 Å². The first kappa shape index (κ1) is 12.5. The van der Waals surface area contributed by atoms with Gasteiger partial charge in [0.2, 0.25) is 0 Å². The zero-order chi connectivity index (χ0) is 13.4. The minimum atomic E-state index is -0.358. The Labute approximate surface area is 123 Å². The molecule has 0 saturated carbocycles. The van der Waals surface area contributed by atoms with Gasteiger partial charge in [-0.2, -0.15) is 5.10 Å². The van der Waals surface area contributed by atoms with Gasteiger partial charge in [-0.05, 0) is 25.3 Å². The molecular weight excluding hydrogens is 359 g/mol. The third-order valence-electron chi connectivity index (χ3n) is 3.05. The number of aromatic nitrogens is 4. The van der Waals surface area contributed by atoms with Gasteiger partial charge in [-0.1, -0.05) is 0 Å². The molecule has 2 heterocycles. The van der Waals surface area contributed by atoms with Crippen LogP contribution in [0.3, 0.4) is 0 Å². The topological polar surface area (TPSA) is 80.8 Å². The lowest BCUT2D eigenvalue weighted by Gasteiger charge is -2.14. The Hall–Kier alpha value is -1.51. The highest BCUT2D eigenvalue weighted by Crippen LogP contribution is 2.32. The molecule has 98 valence electrons. The first-order valence-corrected chi connectivity index (χ1v) is 7.04. The number of hydrogen-bond acceptors (Lipinski definition) is 5. The van der Waals surface area contributed by atoms with Crippen molar-refractivity contribution in [1.29, 1.82) is 0 Å². The van der Waals surface area contributed by atoms with E-state index in [0.29, 0.717) is 16.1 Å². The maximum atomic E-state index is 11.8. The summed E-state index contributed by atoms with van der Waals surface area (Å²) < 4.78 is 5.69. The number of hydrogen-bond donors (Lipinski definition) is 1. The maximum absolute atomic E-state index is 11.8. The lowest BCUT2D eigenvalue weighted by atomic mass is 9.93. The lowest BCUT2D eigenvalue weighted by molar-refractivity contribution is 0.0518. The average Bonchev–Trinajstić information content (AvgIpc) is 2.83. The number of carbonyl (C=O) groups is 1. The number of fused-ring (bicyclic) bond motifs is 3. The Kier molecular flexibility index (Phi) is 3.21. The smallest absolute Gasteiger partial charge is 0.356 e. The number of rotatable bonds is 2. The molecule has 0 atom stereocenters. The molecule has 19 heavy (non-hydrogen) atoms. The summed E-state index contributed by atoms with van der Waals surface area (Å²) in [6, 6.07) is 0. The van der Waals surface area contributed by atoms with Gasteiger partial charge in [0.25, 0.3) is 0 Å². The predicted octanol–water partition coefficient (Wildman–Crippen LogP) is 1.75. The van der Waals surface area contributed by atoms with Crippen LogP contribution in [0.2, 0.25) is 0 Å². The molecule has 0 spiro atoms. The van der Waals surface area contributed by atoms with Gasteiger partial charge in [-0.25, -0.2) is 14.8 Å². The standard InChI is InChI=1S/C12H11IN4O2/c1-2-19-11(18)10-7-4-3-6-5-14-12(13)15-8(6)9(7)16-17-10/h5H,2-4H2,1H3,(H,16,17). The molecule has 1 N–H and O–H groups in total. The molecule has 0 amide bonds. The minimum Gasteiger partial charge on any atom is -0.461 e. The molecule has 7 heteroatoms. The number of aryl methyl sites for hydroxylation is 1. The molecule has 1 aliphatic rings. The number of carbonyl (C=O) groups excluding carboxylic acids is 1. The van der Waals surface area contributed by atoms with Crippen LogP contribution in [0.5, 0.6) is 0 Å². The molecular formula is C12H11IN4O2. The monoisotopic (exact) mass is 370 g/mol. The molecule has 6 nitrogen and oxygen atoms in total. The number of esters is 1. The fourth-order valence-electron chi connectivity index (χ4n) is 2.21. The Bertz CT molecular complexity index is 653. The van der Waals surface area contributed by atoms with E-state index in [1.165, 1.54) is 0 Å². The summed E-state index contributed by atoms with van der Waals surface area (Å²) in [6.45, 7) is 2.13. The van der Waals surface area contributed by atoms with Crippen molar-refractivity contribution in [2.45, 2.75) is 19.8 Å². The van der Waals surface area contributed by atoms with Crippen LogP contribution in [-0.2, 0) is 17.6 Å². The number of H-pyrrole nitrogens is 1. The van der Waals surface area contributed by atoms with E-state index < -0.39 is 0 Å². The largest absolute Gasteiger partial charge is 0.461 e. The maximum Gasteiger partial charge on any atom is 0.356 e. The summed E-state index contributed by atoms with van der Waals surface area (Å²) in [5.74, 6) is -0.358. The highest BCUT2D eigenvalue weighted by molar-refractivity contribution is 14.1. The summed E-state index contributed by atoms with van der Waals surface area (Å²) in [6.07, 6.45) is 3.38. The van der Waals surface area contributed by atoms with Gasteiger partial charge < -0.3 is 4.74 Å². The van der Waals surface area contributed by atoms with E-state index in [1.807, 2.05) is 6.20 Å². The third-order valence-corrected chi connectivity index (χ3v) is 3.57. The van der Waals surface area contributed by atoms with E-state index in [0.717, 1.165) is 35.4 Å². The second kappa shape index (κ2) is 4.87. The quantitative estimate of drug-likeness (QED) is 0.495. The van der Waals surface area contributed by atoms with Gasteiger partial charge in [0.05, 0.1) is 12.3 Å². The van der Waals surface area contributed by atoms with Gasteiger partial charge in [-0.15, -0.1) is 0 Å². The van der Waals surface area contributed by atoms with E-state index >= 15 is 0 Å². The number of nitrogens with zero attached hydrogens (tertiary/aromatic N) is 3. The summed E-state index contributed by atoms with van der Waals surface area (Å²) in [7, 11) is 0. The molecule has 0 saturated heterocycles. The highest BCUT2D eigenvalue weighted by Gasteiger charge is 2.27. The van der Waals surface area contributed by atoms with Crippen LogP contribution in [0.15, 0.2) is 6.20 Å². The molecule has 2 aromatic rings. The Morgan fingerprint density at radius 3 is 3.11 bits per heavy atom. The molecule has 0 aromatic carbocycles. The number of nitrogens with one attached hydrogen (secondary N) is 1. The third kappa shape index (κ3) is 2.11. The van der Waals surface area contributed by atoms with Gasteiger partial charge in [0.15, 0.2) is 3.83 Å². The van der Waals surface area contributed by atoms with Gasteiger partial charge in [-0.3, -0.25) is 5.10 Å². The lowest BCUT2D eigenvalue weighted by Crippen LogP contribution is -2.12. The second-order valence-corrected chi connectivity index (χ2v) is 5.12. The zero-order valence-electron chi connectivity index (χ0n) is 10.2. The van der Waals surface area contributed by atoms with Crippen LogP contribution >= 0.6 is 22.6 Å². The van der Waals surface area contributed by atoms with Crippen LogP contribution in [0.1, 0.15) is 28.5 Å². The van der Waals surface area contributed by atoms with Crippen LogP contribution in [0.4, 0.5) is 0 Å². The molecule has 0 radical (unpaired) electrons. The molecule has 2 aromatic heterocycles. The van der Waals surface area contributed by atoms with Crippen molar-refractivity contribution < 1.29 is 9.53 Å². The summed E-state index contributed by atoms with van der Waals surface area (Å²) in [5, 5.41) is 7.00. The molecule has 0 fully saturated rings. The van der Waals surface area contributed by atoms with Crippen molar-refractivity contribution in [2.75, 3.05) is 6.61 Å². The van der Waals surface area contributed by atoms with Crippen LogP contribution in [0, 0.1) is 3.83 Å². The van der Waals surface area contributed by atoms with Gasteiger partial charge >= 0.3 is 5.97 Å². The van der Waals surface area contributed by atoms with Crippen molar-refractivity contribution in [1.82, 2.24) is 20.2 Å². The van der Waals surface area contributed by atoms with E-state index in [9.17, 15) is 4.79 Å². The van der Waals surface area contributed by atoms with Gasteiger partial charge in [0, 0.05) is 34.4 Å². The number of halogens is 1. The Morgan fingerprint density at radius 2 is 2.32 bits per heavy atom. The first-order valence-electron chi connectivity index (χ1n) is 5.97. The van der Waals surface area contributed by atoms with Crippen LogP contribution < -0.4 is 0 Å². The normalized spacial score (nSPS) is 12.7. The van der Waals surface area contributed by atoms with Crippen molar-refractivity contribution in [3.8, 4) is 11.4 Å². The first-order chi connectivity index (χ1) is 9.20. The predicted molar refractivity (Wildman–Crippen MR) is 75.7 cm³/mol. The summed E-state index contributed by atoms with van der Waals surface area (Å²) in [4.78, 5) is 20.4. The van der Waals surface area contributed by atoms with Gasteiger partial charge in [0.1, 0.15) is 11.4 Å². The molecule has 1 aliphatic carbocycles. The zero-order valence-corrected chi connectivity index (χ0v) is 12.4. The minimum absolute atomic E-state index is 0.350. The van der Waals surface area contributed by atoms with Crippen LogP contribution in [0.25, 0.3) is 11.4 Å². The molecule has 3 rings (SSSR count). The SMILES string of the molecule is CCOC(=O)c1[nH]nc2c1CCc1cnc(I)nc1-2. The van der Waals surface area contributed by atoms with E-state index in [-0.39, 0.29) is 5.97 Å². The van der Waals surface area contributed by atoms with Crippen molar-refractivity contribution in [3.63, 3.8) is 0 Å². The fraction of sp³-hybridized carbons (Fsp3) is 0.333. The summed E-state index contributed by atoms with van der Waals surface area (Å²) in [5.41, 5.74) is 3.95. The van der Waals surface area contributed by atoms with Crippen molar-refractivity contribution >= 4 is 28.6 Å². The van der Waals surface area contributed by atoms with Crippen molar-refractivity contribution in [2.24, 2.45) is 0 Å². The number of aromatic amines is 1. The average molecular weight is 370 g/mol. The Balaban J connectivity index is 2.09. The molecule has 0 bridgehead atoms. The molecule has 0 unspecified atom stereocenters. The Morgan fingerprint density at radius 1 is 1.47 bits per heavy atom. The summed E-state index contributed by atoms with van der Waals surface area (Å²) >= 11 is 2.07. The van der Waals surface area contributed by atoms with E-state index in [1.54, 1.807) is 6.92 Å². The second-order valence-electron chi connectivity index (χ2n) is 4.16. The number of ether oxygens (including phenoxy) is 1. The molecule has 0 aliphatic heterocycles. The van der Waals surface area contributed by atoms with Crippen LogP contribution in [-0.4, -0.2) is 32.7 Å².